The predicted molar refractivity (Wildman–Crippen MR) is 101 cm³/mol. The number of aliphatic hydroxyl groups is 1. The molecule has 1 aliphatic rings. The van der Waals surface area contributed by atoms with Crippen molar-refractivity contribution < 1.29 is 9.50 Å². The van der Waals surface area contributed by atoms with Gasteiger partial charge in [-0.2, -0.15) is 0 Å². The number of rotatable bonds is 3. The summed E-state index contributed by atoms with van der Waals surface area (Å²) >= 11 is 3.15. The molecule has 1 saturated heterocycles. The first-order valence-corrected chi connectivity index (χ1v) is 8.04. The van der Waals surface area contributed by atoms with E-state index in [2.05, 4.69) is 31.1 Å². The van der Waals surface area contributed by atoms with Gasteiger partial charge in [0.2, 0.25) is 0 Å². The van der Waals surface area contributed by atoms with E-state index in [4.69, 9.17) is 0 Å². The van der Waals surface area contributed by atoms with Crippen LogP contribution in [-0.4, -0.2) is 41.7 Å². The predicted octanol–water partition coefficient (Wildman–Crippen LogP) is 3.13. The molecule has 0 bridgehead atoms. The summed E-state index contributed by atoms with van der Waals surface area (Å²) in [5, 5.41) is 12.8. The van der Waals surface area contributed by atoms with Crippen LogP contribution >= 0.6 is 39.9 Å². The zero-order chi connectivity index (χ0) is 15.2. The fourth-order valence-electron chi connectivity index (χ4n) is 2.31. The molecule has 0 spiro atoms. The van der Waals surface area contributed by atoms with Gasteiger partial charge >= 0.3 is 0 Å². The molecule has 0 unspecified atom stereocenters. The minimum atomic E-state index is -0.270. The van der Waals surface area contributed by atoms with E-state index < -0.39 is 0 Å². The van der Waals surface area contributed by atoms with Gasteiger partial charge in [-0.3, -0.25) is 0 Å². The lowest BCUT2D eigenvalue weighted by atomic mass is 10.1. The molecule has 0 saturated carbocycles. The number of benzene rings is 1. The monoisotopic (exact) mass is 485 g/mol. The molecule has 0 aliphatic carbocycles. The van der Waals surface area contributed by atoms with Crippen LogP contribution in [0.3, 0.4) is 0 Å². The number of likely N-dealkylation sites (tertiary alicyclic amines) is 1. The summed E-state index contributed by atoms with van der Waals surface area (Å²) in [6, 6.07) is 5.06. The molecule has 1 aliphatic heterocycles. The van der Waals surface area contributed by atoms with E-state index in [-0.39, 0.29) is 35.9 Å². The van der Waals surface area contributed by atoms with Crippen molar-refractivity contribution in [3.05, 3.63) is 34.1 Å². The van der Waals surface area contributed by atoms with E-state index in [1.807, 2.05) is 13.0 Å². The van der Waals surface area contributed by atoms with Gasteiger partial charge in [-0.05, 0) is 53.4 Å². The highest BCUT2D eigenvalue weighted by molar-refractivity contribution is 14.0. The highest BCUT2D eigenvalue weighted by Crippen LogP contribution is 2.17. The van der Waals surface area contributed by atoms with Gasteiger partial charge in [0, 0.05) is 19.6 Å². The minimum Gasteiger partial charge on any atom is -0.393 e. The summed E-state index contributed by atoms with van der Waals surface area (Å²) in [6.07, 6.45) is 1.32. The van der Waals surface area contributed by atoms with Gasteiger partial charge < -0.3 is 15.3 Å². The summed E-state index contributed by atoms with van der Waals surface area (Å²) in [5.74, 6) is 0.557. The number of halogens is 3. The van der Waals surface area contributed by atoms with Gasteiger partial charge in [0.15, 0.2) is 5.96 Å². The molecule has 1 aromatic rings. The van der Waals surface area contributed by atoms with Crippen LogP contribution in [0.1, 0.15) is 25.3 Å². The number of hydrogen-bond donors (Lipinski definition) is 2. The van der Waals surface area contributed by atoms with Crippen LogP contribution in [0.5, 0.6) is 0 Å². The van der Waals surface area contributed by atoms with Crippen molar-refractivity contribution in [2.45, 2.75) is 32.4 Å². The summed E-state index contributed by atoms with van der Waals surface area (Å²) < 4.78 is 14.0. The fourth-order valence-corrected chi connectivity index (χ4v) is 2.55. The number of aliphatic hydroxyl groups excluding tert-OH is 1. The number of hydrogen-bond acceptors (Lipinski definition) is 2. The maximum Gasteiger partial charge on any atom is 0.194 e. The third kappa shape index (κ3) is 5.66. The Morgan fingerprint density at radius 1 is 1.45 bits per heavy atom. The Kier molecular flexibility index (Phi) is 8.63. The molecule has 0 aromatic heterocycles. The molecule has 4 nitrogen and oxygen atoms in total. The quantitative estimate of drug-likeness (QED) is 0.393. The van der Waals surface area contributed by atoms with Crippen molar-refractivity contribution in [2.24, 2.45) is 4.99 Å². The first kappa shape index (κ1) is 19.6. The Labute approximate surface area is 156 Å². The van der Waals surface area contributed by atoms with Crippen molar-refractivity contribution in [2.75, 3.05) is 19.6 Å². The highest BCUT2D eigenvalue weighted by Gasteiger charge is 2.19. The molecule has 1 heterocycles. The summed E-state index contributed by atoms with van der Waals surface area (Å²) in [4.78, 5) is 6.72. The molecule has 2 rings (SSSR count). The van der Waals surface area contributed by atoms with Gasteiger partial charge in [0.25, 0.3) is 0 Å². The zero-order valence-electron chi connectivity index (χ0n) is 12.6. The molecule has 2 N–H and O–H groups in total. The van der Waals surface area contributed by atoms with Crippen LogP contribution in [0.25, 0.3) is 0 Å². The number of aliphatic imine (C=N–C) groups is 1. The van der Waals surface area contributed by atoms with E-state index >= 15 is 0 Å². The summed E-state index contributed by atoms with van der Waals surface area (Å²) in [5.41, 5.74) is 0.836. The van der Waals surface area contributed by atoms with Gasteiger partial charge in [-0.25, -0.2) is 9.38 Å². The maximum atomic E-state index is 13.5. The number of nitrogens with one attached hydrogen (secondary N) is 1. The summed E-state index contributed by atoms with van der Waals surface area (Å²) in [6.45, 7) is 4.83. The van der Waals surface area contributed by atoms with Crippen molar-refractivity contribution in [3.63, 3.8) is 0 Å². The number of guanidine groups is 1. The molecule has 7 heteroatoms. The van der Waals surface area contributed by atoms with Crippen LogP contribution in [0.4, 0.5) is 4.39 Å². The Hall–Kier alpha value is -0.410. The molecule has 22 heavy (non-hydrogen) atoms. The lowest BCUT2D eigenvalue weighted by Crippen LogP contribution is -2.46. The van der Waals surface area contributed by atoms with Crippen molar-refractivity contribution in [1.82, 2.24) is 10.2 Å². The number of nitrogens with zero attached hydrogens (tertiary/aromatic N) is 2. The molecular weight excluding hydrogens is 464 g/mol. The second kappa shape index (κ2) is 9.67. The topological polar surface area (TPSA) is 47.9 Å². The van der Waals surface area contributed by atoms with E-state index in [0.29, 0.717) is 11.0 Å². The van der Waals surface area contributed by atoms with E-state index in [1.54, 1.807) is 6.07 Å². The fraction of sp³-hybridized carbons (Fsp3) is 0.533. The van der Waals surface area contributed by atoms with Gasteiger partial charge in [-0.15, -0.1) is 24.0 Å². The second-order valence-electron chi connectivity index (χ2n) is 5.14. The van der Waals surface area contributed by atoms with E-state index in [0.717, 1.165) is 44.0 Å². The average molecular weight is 486 g/mol. The smallest absolute Gasteiger partial charge is 0.194 e. The molecular formula is C15H22BrFIN3O. The molecule has 1 fully saturated rings. The lowest BCUT2D eigenvalue weighted by molar-refractivity contribution is 0.108. The van der Waals surface area contributed by atoms with Crippen LogP contribution in [0, 0.1) is 5.82 Å². The molecule has 1 aromatic carbocycles. The molecule has 124 valence electrons. The molecule has 0 atom stereocenters. The first-order valence-electron chi connectivity index (χ1n) is 7.25. The lowest BCUT2D eigenvalue weighted by Gasteiger charge is -2.32. The average Bonchev–Trinajstić information content (AvgIpc) is 2.48. The second-order valence-corrected chi connectivity index (χ2v) is 5.99. The van der Waals surface area contributed by atoms with Crippen LogP contribution in [0.2, 0.25) is 0 Å². The summed E-state index contributed by atoms with van der Waals surface area (Å²) in [7, 11) is 0. The van der Waals surface area contributed by atoms with Crippen molar-refractivity contribution in [3.8, 4) is 0 Å². The zero-order valence-corrected chi connectivity index (χ0v) is 16.5. The van der Waals surface area contributed by atoms with E-state index in [1.165, 1.54) is 6.07 Å². The van der Waals surface area contributed by atoms with Crippen LogP contribution in [0.15, 0.2) is 27.7 Å². The normalized spacial score (nSPS) is 16.4. The van der Waals surface area contributed by atoms with Gasteiger partial charge in [-0.1, -0.05) is 6.07 Å². The van der Waals surface area contributed by atoms with Crippen molar-refractivity contribution in [1.29, 1.82) is 0 Å². The van der Waals surface area contributed by atoms with Crippen LogP contribution < -0.4 is 5.32 Å². The van der Waals surface area contributed by atoms with Crippen LogP contribution in [-0.2, 0) is 6.54 Å². The Morgan fingerprint density at radius 3 is 2.73 bits per heavy atom. The molecule has 0 amide bonds. The first-order chi connectivity index (χ1) is 10.1. The third-order valence-electron chi connectivity index (χ3n) is 3.49. The third-order valence-corrected chi connectivity index (χ3v) is 4.14. The Bertz CT molecular complexity index is 508. The Morgan fingerprint density at radius 2 is 2.14 bits per heavy atom. The molecule has 0 radical (unpaired) electrons. The maximum absolute atomic E-state index is 13.5. The minimum absolute atomic E-state index is 0. The Balaban J connectivity index is 0.00000242. The highest BCUT2D eigenvalue weighted by atomic mass is 127. The van der Waals surface area contributed by atoms with Gasteiger partial charge in [0.05, 0.1) is 17.1 Å². The van der Waals surface area contributed by atoms with Crippen molar-refractivity contribution >= 4 is 45.9 Å². The van der Waals surface area contributed by atoms with E-state index in [9.17, 15) is 9.50 Å². The largest absolute Gasteiger partial charge is 0.393 e. The standard InChI is InChI=1S/C15H21BrFN3O.HI/c1-2-18-15(20-7-5-12(21)6-8-20)19-10-11-3-4-13(16)14(17)9-11;/h3-4,9,12,21H,2,5-8,10H2,1H3,(H,18,19);1H. The number of piperidine rings is 1. The SMILES string of the molecule is CCNC(=NCc1ccc(Br)c(F)c1)N1CCC(O)CC1.I. The van der Waals surface area contributed by atoms with Gasteiger partial charge in [0.1, 0.15) is 5.82 Å².